The van der Waals surface area contributed by atoms with Gasteiger partial charge >= 0.3 is 5.97 Å². The molecule has 1 heterocycles. The Morgan fingerprint density at radius 3 is 2.95 bits per heavy atom. The lowest BCUT2D eigenvalue weighted by Crippen LogP contribution is -2.13. The number of carbonyl (C=O) groups excluding carboxylic acids is 1. The van der Waals surface area contributed by atoms with Gasteiger partial charge in [-0.25, -0.2) is 13.4 Å². The fourth-order valence-electron chi connectivity index (χ4n) is 1.67. The quantitative estimate of drug-likeness (QED) is 0.790. The van der Waals surface area contributed by atoms with E-state index in [1.807, 2.05) is 0 Å². The van der Waals surface area contributed by atoms with E-state index in [0.717, 1.165) is 0 Å². The van der Waals surface area contributed by atoms with Crippen LogP contribution in [0.5, 0.6) is 0 Å². The fraction of sp³-hybridized carbons (Fsp3) is 0.333. The number of ether oxygens (including phenoxy) is 1. The maximum atomic E-state index is 12.2. The molecule has 0 amide bonds. The van der Waals surface area contributed by atoms with E-state index in [-0.39, 0.29) is 23.7 Å². The molecule has 102 valence electrons. The van der Waals surface area contributed by atoms with Crippen molar-refractivity contribution in [3.8, 4) is 0 Å². The number of thiazole rings is 1. The van der Waals surface area contributed by atoms with Crippen LogP contribution in [-0.4, -0.2) is 31.7 Å². The van der Waals surface area contributed by atoms with E-state index in [0.29, 0.717) is 10.2 Å². The third kappa shape index (κ3) is 3.10. The average Bonchev–Trinajstić information content (AvgIpc) is 2.84. The molecule has 1 aromatic carbocycles. The number of nitrogens with zero attached hydrogens (tertiary/aromatic N) is 1. The molecule has 19 heavy (non-hydrogen) atoms. The molecule has 0 bridgehead atoms. The smallest absolute Gasteiger partial charge is 0.306 e. The van der Waals surface area contributed by atoms with Gasteiger partial charge in [0.25, 0.3) is 0 Å². The summed E-state index contributed by atoms with van der Waals surface area (Å²) in [5.74, 6) is -0.745. The summed E-state index contributed by atoms with van der Waals surface area (Å²) >= 11 is 1.28. The number of carbonyl (C=O) groups is 1. The number of hydrogen-bond acceptors (Lipinski definition) is 6. The van der Waals surface area contributed by atoms with Crippen LogP contribution in [0, 0.1) is 0 Å². The highest BCUT2D eigenvalue weighted by Gasteiger charge is 2.20. The lowest BCUT2D eigenvalue weighted by atomic mass is 10.3. The molecule has 1 aromatic heterocycles. The van der Waals surface area contributed by atoms with Gasteiger partial charge in [0.2, 0.25) is 0 Å². The lowest BCUT2D eigenvalue weighted by Gasteiger charge is -2.05. The second-order valence-electron chi connectivity index (χ2n) is 3.83. The van der Waals surface area contributed by atoms with Crippen LogP contribution >= 0.6 is 11.3 Å². The molecule has 0 atom stereocenters. The second kappa shape index (κ2) is 5.66. The first-order chi connectivity index (χ1) is 9.04. The molecule has 0 aliphatic carbocycles. The summed E-state index contributed by atoms with van der Waals surface area (Å²) in [7, 11) is -3.50. The first kappa shape index (κ1) is 14.0. The topological polar surface area (TPSA) is 73.3 Å². The van der Waals surface area contributed by atoms with Crippen molar-refractivity contribution in [1.82, 2.24) is 4.98 Å². The largest absolute Gasteiger partial charge is 0.466 e. The highest BCUT2D eigenvalue weighted by molar-refractivity contribution is 7.91. The maximum absolute atomic E-state index is 12.2. The zero-order valence-corrected chi connectivity index (χ0v) is 12.0. The van der Waals surface area contributed by atoms with E-state index in [4.69, 9.17) is 4.74 Å². The number of aromatic nitrogens is 1. The molecule has 5 nitrogen and oxygen atoms in total. The van der Waals surface area contributed by atoms with E-state index in [2.05, 4.69) is 4.98 Å². The molecule has 0 unspecified atom stereocenters. The monoisotopic (exact) mass is 299 g/mol. The van der Waals surface area contributed by atoms with E-state index in [9.17, 15) is 13.2 Å². The summed E-state index contributed by atoms with van der Waals surface area (Å²) in [6.07, 6.45) is -0.134. The number of esters is 1. The van der Waals surface area contributed by atoms with Crippen LogP contribution in [0.25, 0.3) is 10.2 Å². The van der Waals surface area contributed by atoms with Crippen LogP contribution in [0.2, 0.25) is 0 Å². The molecule has 0 radical (unpaired) electrons. The molecule has 0 saturated carbocycles. The Kier molecular flexibility index (Phi) is 4.16. The number of benzene rings is 1. The molecular formula is C12H13NO4S2. The van der Waals surface area contributed by atoms with Gasteiger partial charge in [-0.15, -0.1) is 11.3 Å². The van der Waals surface area contributed by atoms with E-state index < -0.39 is 15.8 Å². The Bertz CT molecular complexity index is 691. The fourth-order valence-corrected chi connectivity index (χ4v) is 4.22. The Balaban J connectivity index is 2.24. The zero-order valence-electron chi connectivity index (χ0n) is 10.3. The Morgan fingerprint density at radius 2 is 2.21 bits per heavy atom. The number of fused-ring (bicyclic) bond motifs is 1. The van der Waals surface area contributed by atoms with Gasteiger partial charge in [0, 0.05) is 0 Å². The summed E-state index contributed by atoms with van der Waals surface area (Å²) in [4.78, 5) is 15.6. The maximum Gasteiger partial charge on any atom is 0.306 e. The SMILES string of the molecule is CCOC(=O)CCS(=O)(=O)c1cccc2ncsc12. The molecule has 0 saturated heterocycles. The first-order valence-corrected chi connectivity index (χ1v) is 8.28. The van der Waals surface area contributed by atoms with Gasteiger partial charge in [0.1, 0.15) is 0 Å². The molecular weight excluding hydrogens is 286 g/mol. The third-order valence-corrected chi connectivity index (χ3v) is 5.29. The zero-order chi connectivity index (χ0) is 13.9. The average molecular weight is 299 g/mol. The summed E-state index contributed by atoms with van der Waals surface area (Å²) in [5.41, 5.74) is 2.26. The summed E-state index contributed by atoms with van der Waals surface area (Å²) < 4.78 is 29.8. The predicted molar refractivity (Wildman–Crippen MR) is 72.9 cm³/mol. The van der Waals surface area contributed by atoms with Gasteiger partial charge in [0.05, 0.1) is 39.4 Å². The van der Waals surface area contributed by atoms with Crippen molar-refractivity contribution in [3.63, 3.8) is 0 Å². The Hall–Kier alpha value is -1.47. The van der Waals surface area contributed by atoms with Crippen LogP contribution < -0.4 is 0 Å². The van der Waals surface area contributed by atoms with Crippen molar-refractivity contribution in [3.05, 3.63) is 23.7 Å². The van der Waals surface area contributed by atoms with Gasteiger partial charge < -0.3 is 4.74 Å². The Labute approximate surface area is 115 Å². The van der Waals surface area contributed by atoms with Gasteiger partial charge in [-0.2, -0.15) is 0 Å². The van der Waals surface area contributed by atoms with Crippen molar-refractivity contribution in [1.29, 1.82) is 0 Å². The number of hydrogen-bond donors (Lipinski definition) is 0. The lowest BCUT2D eigenvalue weighted by molar-refractivity contribution is -0.142. The van der Waals surface area contributed by atoms with Gasteiger partial charge in [0.15, 0.2) is 9.84 Å². The molecule has 0 aliphatic heterocycles. The molecule has 0 fully saturated rings. The molecule has 2 rings (SSSR count). The minimum Gasteiger partial charge on any atom is -0.466 e. The van der Waals surface area contributed by atoms with Crippen molar-refractivity contribution < 1.29 is 17.9 Å². The predicted octanol–water partition coefficient (Wildman–Crippen LogP) is 2.02. The van der Waals surface area contributed by atoms with Crippen LogP contribution in [-0.2, 0) is 19.4 Å². The van der Waals surface area contributed by atoms with Crippen LogP contribution in [0.15, 0.2) is 28.6 Å². The standard InChI is InChI=1S/C12H13NO4S2/c1-2-17-11(14)6-7-19(15,16)10-5-3-4-9-12(10)18-8-13-9/h3-5,8H,2,6-7H2,1H3. The van der Waals surface area contributed by atoms with Crippen molar-refractivity contribution >= 4 is 37.4 Å². The summed E-state index contributed by atoms with van der Waals surface area (Å²) in [6, 6.07) is 4.95. The minimum atomic E-state index is -3.50. The highest BCUT2D eigenvalue weighted by atomic mass is 32.2. The van der Waals surface area contributed by atoms with E-state index >= 15 is 0 Å². The van der Waals surface area contributed by atoms with Crippen molar-refractivity contribution in [2.24, 2.45) is 0 Å². The van der Waals surface area contributed by atoms with Gasteiger partial charge in [-0.05, 0) is 19.1 Å². The highest BCUT2D eigenvalue weighted by Crippen LogP contribution is 2.27. The van der Waals surface area contributed by atoms with Gasteiger partial charge in [-0.3, -0.25) is 4.79 Å². The van der Waals surface area contributed by atoms with E-state index in [1.54, 1.807) is 30.6 Å². The normalized spacial score (nSPS) is 11.6. The number of sulfone groups is 1. The second-order valence-corrected chi connectivity index (χ2v) is 6.76. The van der Waals surface area contributed by atoms with Crippen LogP contribution in [0.1, 0.15) is 13.3 Å². The number of rotatable bonds is 5. The molecule has 0 N–H and O–H groups in total. The molecule has 7 heteroatoms. The summed E-state index contributed by atoms with van der Waals surface area (Å²) in [5, 5.41) is 0. The first-order valence-electron chi connectivity index (χ1n) is 5.75. The van der Waals surface area contributed by atoms with Crippen LogP contribution in [0.3, 0.4) is 0 Å². The summed E-state index contributed by atoms with van der Waals surface area (Å²) in [6.45, 7) is 1.94. The van der Waals surface area contributed by atoms with Crippen molar-refractivity contribution in [2.45, 2.75) is 18.2 Å². The van der Waals surface area contributed by atoms with Crippen molar-refractivity contribution in [2.75, 3.05) is 12.4 Å². The minimum absolute atomic E-state index is 0.134. The third-order valence-electron chi connectivity index (χ3n) is 2.54. The molecule has 2 aromatic rings. The molecule has 0 aliphatic rings. The Morgan fingerprint density at radius 1 is 1.42 bits per heavy atom. The van der Waals surface area contributed by atoms with E-state index in [1.165, 1.54) is 11.3 Å². The van der Waals surface area contributed by atoms with Crippen LogP contribution in [0.4, 0.5) is 0 Å². The van der Waals surface area contributed by atoms with Gasteiger partial charge in [-0.1, -0.05) is 6.07 Å². The molecule has 0 spiro atoms.